The molecular formula is C16H12Cl2N2O4S2. The monoisotopic (exact) mass is 430 g/mol. The second-order valence-electron chi connectivity index (χ2n) is 5.21. The van der Waals surface area contributed by atoms with Crippen molar-refractivity contribution in [3.63, 3.8) is 0 Å². The largest absolute Gasteiger partial charge is 0.451 e. The van der Waals surface area contributed by atoms with Gasteiger partial charge in [-0.2, -0.15) is 0 Å². The van der Waals surface area contributed by atoms with Gasteiger partial charge in [-0.05, 0) is 36.4 Å². The minimum absolute atomic E-state index is 0.0395. The van der Waals surface area contributed by atoms with Crippen LogP contribution >= 0.6 is 34.5 Å². The number of thiophene rings is 1. The van der Waals surface area contributed by atoms with Gasteiger partial charge in [-0.15, -0.1) is 11.3 Å². The predicted molar refractivity (Wildman–Crippen MR) is 101 cm³/mol. The molecule has 26 heavy (non-hydrogen) atoms. The number of nitrogens with one attached hydrogen (secondary N) is 1. The van der Waals surface area contributed by atoms with Crippen LogP contribution in [0.15, 0.2) is 51.1 Å². The normalized spacial score (nSPS) is 11.5. The highest BCUT2D eigenvalue weighted by molar-refractivity contribution is 7.91. The second-order valence-corrected chi connectivity index (χ2v) is 8.96. The lowest BCUT2D eigenvalue weighted by molar-refractivity contribution is 0.0924. The maximum Gasteiger partial charge on any atom is 0.287 e. The van der Waals surface area contributed by atoms with Crippen LogP contribution in [0.2, 0.25) is 10.0 Å². The van der Waals surface area contributed by atoms with Gasteiger partial charge in [0.2, 0.25) is 10.0 Å². The van der Waals surface area contributed by atoms with Crippen LogP contribution in [0.25, 0.3) is 11.3 Å². The molecule has 0 atom stereocenters. The smallest absolute Gasteiger partial charge is 0.287 e. The van der Waals surface area contributed by atoms with Crippen molar-refractivity contribution >= 4 is 50.5 Å². The molecule has 136 valence electrons. The van der Waals surface area contributed by atoms with Gasteiger partial charge in [0.05, 0.1) is 16.6 Å². The van der Waals surface area contributed by atoms with Crippen LogP contribution in [0.1, 0.15) is 15.4 Å². The summed E-state index contributed by atoms with van der Waals surface area (Å²) < 4.78 is 28.1. The first-order valence-electron chi connectivity index (χ1n) is 7.19. The quantitative estimate of drug-likeness (QED) is 0.640. The predicted octanol–water partition coefficient (Wildman–Crippen LogP) is 3.89. The van der Waals surface area contributed by atoms with Crippen LogP contribution in [-0.4, -0.2) is 14.3 Å². The first-order chi connectivity index (χ1) is 12.3. The van der Waals surface area contributed by atoms with E-state index >= 15 is 0 Å². The van der Waals surface area contributed by atoms with Gasteiger partial charge in [-0.3, -0.25) is 4.79 Å². The van der Waals surface area contributed by atoms with Crippen molar-refractivity contribution in [1.29, 1.82) is 0 Å². The highest BCUT2D eigenvalue weighted by Gasteiger charge is 2.16. The fourth-order valence-electron chi connectivity index (χ4n) is 2.16. The third kappa shape index (κ3) is 4.11. The molecule has 0 bridgehead atoms. The lowest BCUT2D eigenvalue weighted by Crippen LogP contribution is -2.21. The number of hydrogen-bond acceptors (Lipinski definition) is 5. The van der Waals surface area contributed by atoms with Crippen LogP contribution < -0.4 is 10.5 Å². The Morgan fingerprint density at radius 2 is 1.92 bits per heavy atom. The average molecular weight is 431 g/mol. The molecule has 0 saturated heterocycles. The molecule has 1 aromatic carbocycles. The fraction of sp³-hybridized carbons (Fsp3) is 0.0625. The number of hydrogen-bond donors (Lipinski definition) is 2. The van der Waals surface area contributed by atoms with Crippen molar-refractivity contribution in [3.05, 3.63) is 63.1 Å². The van der Waals surface area contributed by atoms with Gasteiger partial charge in [0.15, 0.2) is 5.76 Å². The van der Waals surface area contributed by atoms with E-state index in [0.717, 1.165) is 11.3 Å². The minimum Gasteiger partial charge on any atom is -0.451 e. The molecule has 0 aliphatic carbocycles. The van der Waals surface area contributed by atoms with Crippen molar-refractivity contribution in [1.82, 2.24) is 5.32 Å². The molecule has 6 nitrogen and oxygen atoms in total. The van der Waals surface area contributed by atoms with E-state index in [1.165, 1.54) is 12.1 Å². The number of rotatable bonds is 5. The number of benzene rings is 1. The zero-order chi connectivity index (χ0) is 18.9. The van der Waals surface area contributed by atoms with E-state index in [1.807, 2.05) is 0 Å². The number of amides is 1. The van der Waals surface area contributed by atoms with Gasteiger partial charge >= 0.3 is 0 Å². The van der Waals surface area contributed by atoms with Crippen molar-refractivity contribution in [2.45, 2.75) is 10.8 Å². The lowest BCUT2D eigenvalue weighted by atomic mass is 10.2. The van der Waals surface area contributed by atoms with Gasteiger partial charge in [-0.1, -0.05) is 29.3 Å². The first-order valence-corrected chi connectivity index (χ1v) is 10.3. The molecule has 10 heteroatoms. The number of carbonyl (C=O) groups is 1. The summed E-state index contributed by atoms with van der Waals surface area (Å²) in [6.45, 7) is 0.146. The van der Waals surface area contributed by atoms with E-state index in [-0.39, 0.29) is 16.5 Å². The summed E-state index contributed by atoms with van der Waals surface area (Å²) in [5, 5.41) is 8.43. The molecule has 0 unspecified atom stereocenters. The van der Waals surface area contributed by atoms with Crippen LogP contribution in [0, 0.1) is 0 Å². The minimum atomic E-state index is -3.74. The van der Waals surface area contributed by atoms with Crippen LogP contribution in [0.3, 0.4) is 0 Å². The summed E-state index contributed by atoms with van der Waals surface area (Å²) in [6.07, 6.45) is 0. The van der Waals surface area contributed by atoms with Gasteiger partial charge in [0, 0.05) is 10.4 Å². The highest BCUT2D eigenvalue weighted by atomic mass is 35.5. The molecule has 0 fully saturated rings. The van der Waals surface area contributed by atoms with E-state index in [1.54, 1.807) is 30.3 Å². The van der Waals surface area contributed by atoms with Crippen molar-refractivity contribution in [2.75, 3.05) is 0 Å². The number of nitrogens with two attached hydrogens (primary N) is 1. The van der Waals surface area contributed by atoms with Crippen molar-refractivity contribution < 1.29 is 17.6 Å². The van der Waals surface area contributed by atoms with Gasteiger partial charge in [0.25, 0.3) is 5.91 Å². The first kappa shape index (κ1) is 18.9. The third-order valence-electron chi connectivity index (χ3n) is 3.39. The number of carbonyl (C=O) groups excluding carboxylic acids is 1. The fourth-order valence-corrected chi connectivity index (χ4v) is 4.27. The van der Waals surface area contributed by atoms with E-state index < -0.39 is 15.9 Å². The standard InChI is InChI=1S/C16H12Cl2N2O4S2/c17-11-3-1-2-10(15(11)18)12-5-6-13(24-12)16(21)20-8-9-4-7-14(25-9)26(19,22)23/h1-7H,8H2,(H,20,21)(H2,19,22,23). The summed E-state index contributed by atoms with van der Waals surface area (Å²) in [6, 6.07) is 11.2. The number of primary sulfonamides is 1. The molecule has 3 aromatic rings. The maximum atomic E-state index is 12.2. The Morgan fingerprint density at radius 1 is 1.15 bits per heavy atom. The molecular weight excluding hydrogens is 419 g/mol. The Kier molecular flexibility index (Phi) is 5.40. The molecule has 3 N–H and O–H groups in total. The summed E-state index contributed by atoms with van der Waals surface area (Å²) in [4.78, 5) is 12.9. The van der Waals surface area contributed by atoms with Crippen molar-refractivity contribution in [3.8, 4) is 11.3 Å². The summed E-state index contributed by atoms with van der Waals surface area (Å²) in [7, 11) is -3.74. The molecule has 1 amide bonds. The summed E-state index contributed by atoms with van der Waals surface area (Å²) >= 11 is 13.1. The van der Waals surface area contributed by atoms with E-state index in [2.05, 4.69) is 5.32 Å². The Balaban J connectivity index is 1.71. The second kappa shape index (κ2) is 7.42. The molecule has 0 saturated carbocycles. The summed E-state index contributed by atoms with van der Waals surface area (Å²) in [5.41, 5.74) is 0.578. The van der Waals surface area contributed by atoms with Crippen molar-refractivity contribution in [2.24, 2.45) is 5.14 Å². The van der Waals surface area contributed by atoms with E-state index in [4.69, 9.17) is 32.8 Å². The summed E-state index contributed by atoms with van der Waals surface area (Å²) in [5.74, 6) is 0.0644. The number of furan rings is 1. The Hall–Kier alpha value is -1.84. The van der Waals surface area contributed by atoms with Crippen LogP contribution in [0.4, 0.5) is 0 Å². The van der Waals surface area contributed by atoms with E-state index in [9.17, 15) is 13.2 Å². The molecule has 0 radical (unpaired) electrons. The lowest BCUT2D eigenvalue weighted by Gasteiger charge is -2.03. The number of halogens is 2. The Bertz CT molecular complexity index is 1070. The van der Waals surface area contributed by atoms with Gasteiger partial charge in [0.1, 0.15) is 9.97 Å². The van der Waals surface area contributed by atoms with Gasteiger partial charge in [-0.25, -0.2) is 13.6 Å². The topological polar surface area (TPSA) is 102 Å². The Labute approximate surface area is 163 Å². The molecule has 2 aromatic heterocycles. The molecule has 2 heterocycles. The molecule has 0 aliphatic rings. The SMILES string of the molecule is NS(=O)(=O)c1ccc(CNC(=O)c2ccc(-c3cccc(Cl)c3Cl)o2)s1. The molecule has 0 aliphatic heterocycles. The zero-order valence-corrected chi connectivity index (χ0v) is 16.2. The maximum absolute atomic E-state index is 12.2. The average Bonchev–Trinajstić information content (AvgIpc) is 3.24. The Morgan fingerprint density at radius 3 is 2.62 bits per heavy atom. The highest BCUT2D eigenvalue weighted by Crippen LogP contribution is 2.34. The van der Waals surface area contributed by atoms with Crippen LogP contribution in [0.5, 0.6) is 0 Å². The van der Waals surface area contributed by atoms with Crippen LogP contribution in [-0.2, 0) is 16.6 Å². The van der Waals surface area contributed by atoms with E-state index in [0.29, 0.717) is 26.2 Å². The zero-order valence-electron chi connectivity index (χ0n) is 13.0. The molecule has 0 spiro atoms. The number of sulfonamides is 1. The molecule has 3 rings (SSSR count). The van der Waals surface area contributed by atoms with Gasteiger partial charge < -0.3 is 9.73 Å². The third-order valence-corrected chi connectivity index (χ3v) is 6.73.